The number of non-ortho nitro benzene ring substituents is 1. The van der Waals surface area contributed by atoms with Crippen LogP contribution in [-0.4, -0.2) is 32.1 Å². The van der Waals surface area contributed by atoms with Crippen LogP contribution in [0.3, 0.4) is 0 Å². The van der Waals surface area contributed by atoms with Crippen molar-refractivity contribution in [1.29, 1.82) is 0 Å². The number of Topliss-reactive ketones (excluding diaryl/α,β-unsaturated/α-hetero) is 1. The van der Waals surface area contributed by atoms with E-state index in [1.165, 1.54) is 30.5 Å². The van der Waals surface area contributed by atoms with E-state index in [1.54, 1.807) is 4.68 Å². The summed E-state index contributed by atoms with van der Waals surface area (Å²) >= 11 is 0. The molecule has 31 heavy (non-hydrogen) atoms. The summed E-state index contributed by atoms with van der Waals surface area (Å²) in [6.45, 7) is 3.76. The molecule has 1 amide bonds. The maximum atomic E-state index is 13.1. The largest absolute Gasteiger partial charge is 0.287 e. The van der Waals surface area contributed by atoms with Crippen molar-refractivity contribution in [3.63, 3.8) is 0 Å². The summed E-state index contributed by atoms with van der Waals surface area (Å²) in [7, 11) is 0. The van der Waals surface area contributed by atoms with Gasteiger partial charge in [0.2, 0.25) is 5.78 Å². The number of benzene rings is 2. The standard InChI is InChI=1S/C22H19N5O4/c1-22(2)12-18-17(13-23-26(18)15-6-4-3-5-7-15)19(28)20(22)24-25-21(29)14-8-10-16(11-9-14)27(30)31/h3-11,13H,12H2,1-2H3,(H,25,29). The predicted octanol–water partition coefficient (Wildman–Crippen LogP) is 3.33. The number of ketones is 1. The minimum atomic E-state index is -0.639. The number of amides is 1. The lowest BCUT2D eigenvalue weighted by molar-refractivity contribution is -0.384. The van der Waals surface area contributed by atoms with Gasteiger partial charge in [-0.2, -0.15) is 10.2 Å². The van der Waals surface area contributed by atoms with E-state index in [-0.39, 0.29) is 22.7 Å². The number of hydrazone groups is 1. The zero-order valence-electron chi connectivity index (χ0n) is 16.9. The fourth-order valence-corrected chi connectivity index (χ4v) is 3.57. The molecule has 4 rings (SSSR count). The zero-order valence-corrected chi connectivity index (χ0v) is 16.9. The van der Waals surface area contributed by atoms with Gasteiger partial charge in [-0.3, -0.25) is 19.7 Å². The molecule has 0 atom stereocenters. The molecule has 1 heterocycles. The Morgan fingerprint density at radius 3 is 2.48 bits per heavy atom. The molecular weight excluding hydrogens is 398 g/mol. The monoisotopic (exact) mass is 417 g/mol. The van der Waals surface area contributed by atoms with Crippen LogP contribution in [-0.2, 0) is 6.42 Å². The van der Waals surface area contributed by atoms with Crippen LogP contribution in [0.2, 0.25) is 0 Å². The van der Waals surface area contributed by atoms with Gasteiger partial charge < -0.3 is 0 Å². The number of hydrogen-bond acceptors (Lipinski definition) is 6. The highest BCUT2D eigenvalue weighted by Gasteiger charge is 2.40. The molecule has 3 aromatic rings. The van der Waals surface area contributed by atoms with Gasteiger partial charge in [0.1, 0.15) is 5.71 Å². The van der Waals surface area contributed by atoms with Gasteiger partial charge in [-0.15, -0.1) is 0 Å². The molecule has 0 spiro atoms. The number of carbonyl (C=O) groups is 2. The van der Waals surface area contributed by atoms with E-state index in [9.17, 15) is 19.7 Å². The molecule has 0 saturated carbocycles. The Balaban J connectivity index is 1.60. The predicted molar refractivity (Wildman–Crippen MR) is 113 cm³/mol. The molecule has 1 aliphatic carbocycles. The van der Waals surface area contributed by atoms with Crippen molar-refractivity contribution in [2.75, 3.05) is 0 Å². The second-order valence-electron chi connectivity index (χ2n) is 7.85. The number of fused-ring (bicyclic) bond motifs is 1. The average molecular weight is 417 g/mol. The molecule has 9 nitrogen and oxygen atoms in total. The third kappa shape index (κ3) is 3.73. The summed E-state index contributed by atoms with van der Waals surface area (Å²) < 4.78 is 1.75. The third-order valence-electron chi connectivity index (χ3n) is 5.19. The number of hydrogen-bond donors (Lipinski definition) is 1. The number of nitro benzene ring substituents is 1. The van der Waals surface area contributed by atoms with Gasteiger partial charge in [-0.25, -0.2) is 10.1 Å². The second kappa shape index (κ2) is 7.60. The van der Waals surface area contributed by atoms with Crippen molar-refractivity contribution in [1.82, 2.24) is 15.2 Å². The first-order valence-corrected chi connectivity index (χ1v) is 9.58. The van der Waals surface area contributed by atoms with E-state index in [0.29, 0.717) is 12.0 Å². The highest BCUT2D eigenvalue weighted by atomic mass is 16.6. The molecule has 0 bridgehead atoms. The number of carbonyl (C=O) groups excluding carboxylic acids is 2. The summed E-state index contributed by atoms with van der Waals surface area (Å²) in [6, 6.07) is 14.7. The van der Waals surface area contributed by atoms with Crippen molar-refractivity contribution < 1.29 is 14.5 Å². The highest BCUT2D eigenvalue weighted by molar-refractivity contribution is 6.48. The van der Waals surface area contributed by atoms with E-state index >= 15 is 0 Å². The Kier molecular flexibility index (Phi) is 4.94. The van der Waals surface area contributed by atoms with Crippen molar-refractivity contribution in [3.8, 4) is 5.69 Å². The van der Waals surface area contributed by atoms with Gasteiger partial charge in [0, 0.05) is 29.5 Å². The van der Waals surface area contributed by atoms with Crippen LogP contribution in [0.1, 0.15) is 40.3 Å². The third-order valence-corrected chi connectivity index (χ3v) is 5.19. The minimum absolute atomic E-state index is 0.116. The summed E-state index contributed by atoms with van der Waals surface area (Å²) in [5.41, 5.74) is 4.18. The van der Waals surface area contributed by atoms with Crippen molar-refractivity contribution in [3.05, 3.63) is 87.7 Å². The Morgan fingerprint density at radius 2 is 1.84 bits per heavy atom. The molecule has 0 unspecified atom stereocenters. The maximum Gasteiger partial charge on any atom is 0.271 e. The number of rotatable bonds is 4. The molecule has 1 N–H and O–H groups in total. The van der Waals surface area contributed by atoms with Crippen molar-refractivity contribution in [2.45, 2.75) is 20.3 Å². The topological polar surface area (TPSA) is 119 Å². The first-order chi connectivity index (χ1) is 14.8. The maximum absolute atomic E-state index is 13.1. The van der Waals surface area contributed by atoms with E-state index in [0.717, 1.165) is 11.4 Å². The molecule has 0 fully saturated rings. The van der Waals surface area contributed by atoms with Crippen molar-refractivity contribution in [2.24, 2.45) is 10.5 Å². The first kappa shape index (κ1) is 20.1. The van der Waals surface area contributed by atoms with Gasteiger partial charge in [0.15, 0.2) is 0 Å². The van der Waals surface area contributed by atoms with Crippen LogP contribution < -0.4 is 5.43 Å². The molecule has 156 valence electrons. The van der Waals surface area contributed by atoms with Crippen LogP contribution in [0, 0.1) is 15.5 Å². The lowest BCUT2D eigenvalue weighted by atomic mass is 9.74. The highest BCUT2D eigenvalue weighted by Crippen LogP contribution is 2.34. The summed E-state index contributed by atoms with van der Waals surface area (Å²) in [4.78, 5) is 35.8. The van der Waals surface area contributed by atoms with E-state index in [1.807, 2.05) is 44.2 Å². The first-order valence-electron chi connectivity index (χ1n) is 9.58. The molecule has 0 aliphatic heterocycles. The Morgan fingerprint density at radius 1 is 1.16 bits per heavy atom. The molecule has 2 aromatic carbocycles. The molecule has 9 heteroatoms. The van der Waals surface area contributed by atoms with E-state index in [2.05, 4.69) is 15.6 Å². The van der Waals surface area contributed by atoms with E-state index < -0.39 is 16.2 Å². The van der Waals surface area contributed by atoms with E-state index in [4.69, 9.17) is 0 Å². The average Bonchev–Trinajstić information content (AvgIpc) is 3.17. The van der Waals surface area contributed by atoms with Crippen LogP contribution >= 0.6 is 0 Å². The quantitative estimate of drug-likeness (QED) is 0.516. The number of para-hydroxylation sites is 1. The van der Waals surface area contributed by atoms with Crippen LogP contribution in [0.5, 0.6) is 0 Å². The second-order valence-corrected chi connectivity index (χ2v) is 7.85. The fourth-order valence-electron chi connectivity index (χ4n) is 3.57. The summed E-state index contributed by atoms with van der Waals surface area (Å²) in [6.07, 6.45) is 2.03. The van der Waals surface area contributed by atoms with Crippen LogP contribution in [0.25, 0.3) is 5.69 Å². The SMILES string of the molecule is CC1(C)Cc2c(cnn2-c2ccccc2)C(=O)C1=NNC(=O)c1ccc([N+](=O)[O-])cc1. The van der Waals surface area contributed by atoms with Gasteiger partial charge in [0.05, 0.1) is 28.1 Å². The molecule has 1 aliphatic rings. The lowest BCUT2D eigenvalue weighted by Crippen LogP contribution is -2.40. The summed E-state index contributed by atoms with van der Waals surface area (Å²) in [5.74, 6) is -0.853. The number of aromatic nitrogens is 2. The smallest absolute Gasteiger partial charge is 0.271 e. The van der Waals surface area contributed by atoms with Crippen LogP contribution in [0.15, 0.2) is 65.9 Å². The van der Waals surface area contributed by atoms with Gasteiger partial charge in [0.25, 0.3) is 11.6 Å². The Bertz CT molecular complexity index is 1210. The number of nitrogens with one attached hydrogen (secondary N) is 1. The lowest BCUT2D eigenvalue weighted by Gasteiger charge is -2.30. The summed E-state index contributed by atoms with van der Waals surface area (Å²) in [5, 5.41) is 19.3. The molecule has 0 radical (unpaired) electrons. The van der Waals surface area contributed by atoms with Gasteiger partial charge in [-0.1, -0.05) is 32.0 Å². The molecule has 1 aromatic heterocycles. The zero-order chi connectivity index (χ0) is 22.2. The van der Waals surface area contributed by atoms with Gasteiger partial charge in [-0.05, 0) is 24.3 Å². The number of nitro groups is 1. The molecular formula is C22H19N5O4. The molecule has 0 saturated heterocycles. The van der Waals surface area contributed by atoms with Gasteiger partial charge >= 0.3 is 0 Å². The fraction of sp³-hybridized carbons (Fsp3) is 0.182. The number of nitrogens with zero attached hydrogens (tertiary/aromatic N) is 4. The Hall–Kier alpha value is -4.14. The minimum Gasteiger partial charge on any atom is -0.287 e. The normalized spacial score (nSPS) is 16.1. The van der Waals surface area contributed by atoms with Crippen LogP contribution in [0.4, 0.5) is 5.69 Å². The Labute approximate surface area is 177 Å². The van der Waals surface area contributed by atoms with Crippen molar-refractivity contribution >= 4 is 23.1 Å².